The Hall–Kier alpha value is -1.99. The van der Waals surface area contributed by atoms with Crippen molar-refractivity contribution in [3.63, 3.8) is 0 Å². The fraction of sp³-hybridized carbons (Fsp3) is 0.529. The molecule has 1 aromatic rings. The summed E-state index contributed by atoms with van der Waals surface area (Å²) in [6.07, 6.45) is 1.68. The second-order valence-corrected chi connectivity index (χ2v) is 6.02. The summed E-state index contributed by atoms with van der Waals surface area (Å²) in [6.45, 7) is 4.48. The third-order valence-electron chi connectivity index (χ3n) is 4.29. The van der Waals surface area contributed by atoms with E-state index in [9.17, 15) is 14.0 Å². The molecule has 2 rings (SSSR count). The van der Waals surface area contributed by atoms with E-state index in [-0.39, 0.29) is 30.9 Å². The van der Waals surface area contributed by atoms with Gasteiger partial charge in [-0.1, -0.05) is 13.0 Å². The maximum atomic E-state index is 13.1. The number of aliphatic carboxylic acids is 1. The third-order valence-corrected chi connectivity index (χ3v) is 4.29. The van der Waals surface area contributed by atoms with Gasteiger partial charge in [0.2, 0.25) is 5.91 Å². The first-order valence-electron chi connectivity index (χ1n) is 8.21. The lowest BCUT2D eigenvalue weighted by atomic mass is 10.0. The number of likely N-dealkylation sites (tertiary alicyclic amines) is 1. The van der Waals surface area contributed by atoms with Crippen molar-refractivity contribution in [2.45, 2.75) is 25.8 Å². The highest BCUT2D eigenvalue weighted by atomic mass is 19.1. The van der Waals surface area contributed by atoms with Crippen LogP contribution in [0.15, 0.2) is 24.3 Å². The zero-order valence-electron chi connectivity index (χ0n) is 13.9. The minimum absolute atomic E-state index is 0.0568. The number of likely N-dealkylation sites (N-methyl/N-ethyl adjacent to an activating group) is 1. The van der Waals surface area contributed by atoms with Gasteiger partial charge in [0.25, 0.3) is 0 Å². The van der Waals surface area contributed by atoms with E-state index >= 15 is 0 Å². The van der Waals surface area contributed by atoms with E-state index in [2.05, 4.69) is 5.32 Å². The van der Waals surface area contributed by atoms with Gasteiger partial charge in [-0.05, 0) is 37.6 Å². The van der Waals surface area contributed by atoms with Crippen LogP contribution in [0.2, 0.25) is 0 Å². The lowest BCUT2D eigenvalue weighted by Gasteiger charge is -2.37. The molecule has 1 aliphatic heterocycles. The minimum atomic E-state index is -0.811. The Morgan fingerprint density at radius 1 is 1.38 bits per heavy atom. The lowest BCUT2D eigenvalue weighted by Crippen LogP contribution is -2.48. The monoisotopic (exact) mass is 337 g/mol. The van der Waals surface area contributed by atoms with Gasteiger partial charge in [-0.3, -0.25) is 19.4 Å². The fourth-order valence-electron chi connectivity index (χ4n) is 3.09. The highest BCUT2D eigenvalue weighted by Gasteiger charge is 2.25. The number of carboxylic acid groups (broad SMARTS) is 1. The number of hydrogen-bond acceptors (Lipinski definition) is 4. The maximum absolute atomic E-state index is 13.1. The molecular formula is C17H24FN3O3. The number of carbonyl (C=O) groups excluding carboxylic acids is 1. The molecule has 132 valence electrons. The number of nitrogens with zero attached hydrogens (tertiary/aromatic N) is 2. The predicted molar refractivity (Wildman–Crippen MR) is 89.4 cm³/mol. The average molecular weight is 337 g/mol. The predicted octanol–water partition coefficient (Wildman–Crippen LogP) is 1.64. The summed E-state index contributed by atoms with van der Waals surface area (Å²) < 4.78 is 13.1. The largest absolute Gasteiger partial charge is 0.480 e. The van der Waals surface area contributed by atoms with Crippen molar-refractivity contribution in [1.29, 1.82) is 0 Å². The number of hydrogen-bond donors (Lipinski definition) is 2. The molecule has 0 unspecified atom stereocenters. The van der Waals surface area contributed by atoms with E-state index in [0.29, 0.717) is 12.2 Å². The standard InChI is InChI=1S/C17H24FN3O3/c1-2-21(12-17(23)24)15-6-8-20(9-7-15)11-16(22)19-14-5-3-4-13(18)10-14/h3-5,10,15H,2,6-9,11-12H2,1H3,(H,19,22)(H,23,24). The molecule has 1 fully saturated rings. The van der Waals surface area contributed by atoms with Crippen LogP contribution in [0.4, 0.5) is 10.1 Å². The first kappa shape index (κ1) is 18.4. The van der Waals surface area contributed by atoms with Crippen molar-refractivity contribution in [3.8, 4) is 0 Å². The molecule has 0 aliphatic carbocycles. The number of rotatable bonds is 7. The second-order valence-electron chi connectivity index (χ2n) is 6.02. The molecule has 0 radical (unpaired) electrons. The molecule has 0 bridgehead atoms. The van der Waals surface area contributed by atoms with Crippen LogP contribution < -0.4 is 5.32 Å². The van der Waals surface area contributed by atoms with Crippen LogP contribution in [0.25, 0.3) is 0 Å². The Morgan fingerprint density at radius 3 is 2.67 bits per heavy atom. The molecule has 1 aromatic carbocycles. The fourth-order valence-corrected chi connectivity index (χ4v) is 3.09. The van der Waals surface area contributed by atoms with Crippen LogP contribution in [-0.4, -0.2) is 65.5 Å². The number of carbonyl (C=O) groups is 2. The molecule has 1 heterocycles. The van der Waals surface area contributed by atoms with Crippen LogP contribution in [0.1, 0.15) is 19.8 Å². The summed E-state index contributed by atoms with van der Waals surface area (Å²) in [4.78, 5) is 26.9. The van der Waals surface area contributed by atoms with E-state index in [0.717, 1.165) is 25.9 Å². The van der Waals surface area contributed by atoms with Crippen LogP contribution in [0.5, 0.6) is 0 Å². The van der Waals surface area contributed by atoms with Gasteiger partial charge in [0, 0.05) is 24.8 Å². The number of benzene rings is 1. The van der Waals surface area contributed by atoms with Gasteiger partial charge >= 0.3 is 5.97 Å². The first-order chi connectivity index (χ1) is 11.5. The van der Waals surface area contributed by atoms with Crippen molar-refractivity contribution in [2.24, 2.45) is 0 Å². The van der Waals surface area contributed by atoms with E-state index in [1.165, 1.54) is 12.1 Å². The molecule has 1 amide bonds. The first-order valence-corrected chi connectivity index (χ1v) is 8.21. The molecular weight excluding hydrogens is 313 g/mol. The Kier molecular flexibility index (Phi) is 6.69. The topological polar surface area (TPSA) is 72.9 Å². The van der Waals surface area contributed by atoms with Crippen molar-refractivity contribution in [2.75, 3.05) is 38.0 Å². The molecule has 0 spiro atoms. The number of halogens is 1. The molecule has 1 aliphatic rings. The van der Waals surface area contributed by atoms with Crippen LogP contribution in [0, 0.1) is 5.82 Å². The van der Waals surface area contributed by atoms with Crippen LogP contribution in [0.3, 0.4) is 0 Å². The van der Waals surface area contributed by atoms with Gasteiger partial charge in [-0.15, -0.1) is 0 Å². The summed E-state index contributed by atoms with van der Waals surface area (Å²) in [5, 5.41) is 11.6. The molecule has 1 saturated heterocycles. The number of amides is 1. The van der Waals surface area contributed by atoms with Gasteiger partial charge in [-0.2, -0.15) is 0 Å². The van der Waals surface area contributed by atoms with Gasteiger partial charge < -0.3 is 10.4 Å². The van der Waals surface area contributed by atoms with Gasteiger partial charge in [0.15, 0.2) is 0 Å². The Bertz CT molecular complexity index is 574. The van der Waals surface area contributed by atoms with Crippen molar-refractivity contribution < 1.29 is 19.1 Å². The molecule has 6 nitrogen and oxygen atoms in total. The van der Waals surface area contributed by atoms with Gasteiger partial charge in [0.05, 0.1) is 13.1 Å². The van der Waals surface area contributed by atoms with Crippen molar-refractivity contribution in [3.05, 3.63) is 30.1 Å². The maximum Gasteiger partial charge on any atom is 0.317 e. The number of carboxylic acids is 1. The zero-order valence-corrected chi connectivity index (χ0v) is 13.9. The number of piperidine rings is 1. The lowest BCUT2D eigenvalue weighted by molar-refractivity contribution is -0.139. The summed E-state index contributed by atoms with van der Waals surface area (Å²) in [5.74, 6) is -1.36. The van der Waals surface area contributed by atoms with Crippen molar-refractivity contribution in [1.82, 2.24) is 9.80 Å². The van der Waals surface area contributed by atoms with Crippen LogP contribution >= 0.6 is 0 Å². The van der Waals surface area contributed by atoms with E-state index in [1.807, 2.05) is 16.7 Å². The SMILES string of the molecule is CCN(CC(=O)O)C1CCN(CC(=O)Nc2cccc(F)c2)CC1. The van der Waals surface area contributed by atoms with E-state index in [1.54, 1.807) is 12.1 Å². The molecule has 2 N–H and O–H groups in total. The summed E-state index contributed by atoms with van der Waals surface area (Å²) in [7, 11) is 0. The molecule has 24 heavy (non-hydrogen) atoms. The summed E-state index contributed by atoms with van der Waals surface area (Å²) >= 11 is 0. The Balaban J connectivity index is 1.78. The van der Waals surface area contributed by atoms with Crippen molar-refractivity contribution >= 4 is 17.6 Å². The summed E-state index contributed by atoms with van der Waals surface area (Å²) in [5.41, 5.74) is 0.452. The van der Waals surface area contributed by atoms with E-state index in [4.69, 9.17) is 5.11 Å². The van der Waals surface area contributed by atoms with Gasteiger partial charge in [-0.25, -0.2) is 4.39 Å². The van der Waals surface area contributed by atoms with Crippen LogP contribution in [-0.2, 0) is 9.59 Å². The van der Waals surface area contributed by atoms with Gasteiger partial charge in [0.1, 0.15) is 5.82 Å². The Morgan fingerprint density at radius 2 is 2.08 bits per heavy atom. The summed E-state index contributed by atoms with van der Waals surface area (Å²) in [6, 6.07) is 6.07. The number of nitrogens with one attached hydrogen (secondary N) is 1. The van der Waals surface area contributed by atoms with E-state index < -0.39 is 5.97 Å². The molecule has 0 atom stereocenters. The second kappa shape index (κ2) is 8.75. The number of anilines is 1. The molecule has 7 heteroatoms. The average Bonchev–Trinajstić information content (AvgIpc) is 2.53. The highest BCUT2D eigenvalue weighted by molar-refractivity contribution is 5.92. The quantitative estimate of drug-likeness (QED) is 0.791. The smallest absolute Gasteiger partial charge is 0.317 e. The molecule has 0 aromatic heterocycles. The highest BCUT2D eigenvalue weighted by Crippen LogP contribution is 2.16. The zero-order chi connectivity index (χ0) is 17.5. The molecule has 0 saturated carbocycles. The minimum Gasteiger partial charge on any atom is -0.480 e. The normalized spacial score (nSPS) is 16.3. The third kappa shape index (κ3) is 5.58. The Labute approximate surface area is 141 Å².